The number of benzene rings is 1. The number of morpholine rings is 1. The van der Waals surface area contributed by atoms with Crippen LogP contribution < -0.4 is 5.32 Å². The van der Waals surface area contributed by atoms with E-state index in [4.69, 9.17) is 13.6 Å². The SMILES string of the molecule is Cc1ccc(-c2nnc(CCC(=O)NCC(c3ccc(C)o3)N3CCOCC3)o2)cc1. The van der Waals surface area contributed by atoms with Gasteiger partial charge >= 0.3 is 0 Å². The monoisotopic (exact) mass is 424 g/mol. The lowest BCUT2D eigenvalue weighted by molar-refractivity contribution is -0.121. The second-order valence-electron chi connectivity index (χ2n) is 7.78. The molecule has 0 bridgehead atoms. The van der Waals surface area contributed by atoms with Gasteiger partial charge < -0.3 is 18.9 Å². The molecule has 0 saturated carbocycles. The molecule has 2 aromatic heterocycles. The van der Waals surface area contributed by atoms with Crippen LogP contribution in [-0.2, 0) is 16.0 Å². The van der Waals surface area contributed by atoms with Crippen LogP contribution in [0, 0.1) is 13.8 Å². The number of carbonyl (C=O) groups excluding carboxylic acids is 1. The summed E-state index contributed by atoms with van der Waals surface area (Å²) < 4.78 is 17.0. The largest absolute Gasteiger partial charge is 0.465 e. The highest BCUT2D eigenvalue weighted by atomic mass is 16.5. The molecule has 164 valence electrons. The maximum atomic E-state index is 12.5. The Morgan fingerprint density at radius 1 is 1.06 bits per heavy atom. The van der Waals surface area contributed by atoms with Crippen LogP contribution in [0.4, 0.5) is 0 Å². The lowest BCUT2D eigenvalue weighted by atomic mass is 10.1. The molecule has 1 aliphatic rings. The number of rotatable bonds is 8. The van der Waals surface area contributed by atoms with Crippen molar-refractivity contribution in [3.63, 3.8) is 0 Å². The topological polar surface area (TPSA) is 93.6 Å². The lowest BCUT2D eigenvalue weighted by Crippen LogP contribution is -2.43. The van der Waals surface area contributed by atoms with Gasteiger partial charge in [-0.25, -0.2) is 0 Å². The third kappa shape index (κ3) is 5.59. The highest BCUT2D eigenvalue weighted by Gasteiger charge is 2.25. The first kappa shape index (κ1) is 21.3. The van der Waals surface area contributed by atoms with E-state index in [2.05, 4.69) is 20.4 Å². The van der Waals surface area contributed by atoms with Crippen molar-refractivity contribution >= 4 is 5.91 Å². The van der Waals surface area contributed by atoms with Gasteiger partial charge in [0.05, 0.1) is 19.3 Å². The average Bonchev–Trinajstić information content (AvgIpc) is 3.43. The van der Waals surface area contributed by atoms with E-state index < -0.39 is 0 Å². The summed E-state index contributed by atoms with van der Waals surface area (Å²) in [5.74, 6) is 2.59. The first-order valence-electron chi connectivity index (χ1n) is 10.6. The number of aromatic nitrogens is 2. The van der Waals surface area contributed by atoms with Crippen molar-refractivity contribution in [3.05, 3.63) is 59.4 Å². The van der Waals surface area contributed by atoms with Crippen LogP contribution in [0.3, 0.4) is 0 Å². The third-order valence-corrected chi connectivity index (χ3v) is 5.40. The van der Waals surface area contributed by atoms with E-state index in [1.165, 1.54) is 5.56 Å². The first-order chi connectivity index (χ1) is 15.1. The predicted octanol–water partition coefficient (Wildman–Crippen LogP) is 3.07. The van der Waals surface area contributed by atoms with E-state index in [1.807, 2.05) is 50.2 Å². The number of furan rings is 1. The smallest absolute Gasteiger partial charge is 0.247 e. The number of amides is 1. The molecule has 3 heterocycles. The summed E-state index contributed by atoms with van der Waals surface area (Å²) >= 11 is 0. The molecule has 1 saturated heterocycles. The second kappa shape index (κ2) is 9.89. The van der Waals surface area contributed by atoms with Gasteiger partial charge in [0.25, 0.3) is 0 Å². The summed E-state index contributed by atoms with van der Waals surface area (Å²) in [5.41, 5.74) is 2.04. The van der Waals surface area contributed by atoms with Gasteiger partial charge in [-0.05, 0) is 38.1 Å². The molecule has 1 fully saturated rings. The molecule has 8 nitrogen and oxygen atoms in total. The molecule has 1 N–H and O–H groups in total. The molecule has 8 heteroatoms. The fourth-order valence-corrected chi connectivity index (χ4v) is 3.62. The highest BCUT2D eigenvalue weighted by molar-refractivity contribution is 5.76. The molecular weight excluding hydrogens is 396 g/mol. The minimum Gasteiger partial charge on any atom is -0.465 e. The molecule has 1 aliphatic heterocycles. The summed E-state index contributed by atoms with van der Waals surface area (Å²) in [6, 6.07) is 11.8. The summed E-state index contributed by atoms with van der Waals surface area (Å²) in [5, 5.41) is 11.2. The second-order valence-corrected chi connectivity index (χ2v) is 7.78. The van der Waals surface area contributed by atoms with E-state index >= 15 is 0 Å². The Morgan fingerprint density at radius 3 is 2.55 bits per heavy atom. The van der Waals surface area contributed by atoms with Gasteiger partial charge in [-0.2, -0.15) is 0 Å². The molecule has 1 aromatic carbocycles. The van der Waals surface area contributed by atoms with Gasteiger partial charge in [-0.1, -0.05) is 17.7 Å². The van der Waals surface area contributed by atoms with E-state index in [0.29, 0.717) is 38.0 Å². The van der Waals surface area contributed by atoms with Crippen LogP contribution in [0.2, 0.25) is 0 Å². The zero-order valence-electron chi connectivity index (χ0n) is 18.0. The van der Waals surface area contributed by atoms with E-state index in [0.717, 1.165) is 30.2 Å². The number of nitrogens with one attached hydrogen (secondary N) is 1. The first-order valence-corrected chi connectivity index (χ1v) is 10.6. The molecular formula is C23H28N4O4. The Bertz CT molecular complexity index is 989. The van der Waals surface area contributed by atoms with Crippen molar-refractivity contribution in [2.24, 2.45) is 0 Å². The van der Waals surface area contributed by atoms with Gasteiger partial charge in [0.2, 0.25) is 17.7 Å². The molecule has 1 amide bonds. The lowest BCUT2D eigenvalue weighted by Gasteiger charge is -2.33. The van der Waals surface area contributed by atoms with Crippen molar-refractivity contribution in [1.29, 1.82) is 0 Å². The van der Waals surface area contributed by atoms with Crippen molar-refractivity contribution in [1.82, 2.24) is 20.4 Å². The highest BCUT2D eigenvalue weighted by Crippen LogP contribution is 2.23. The number of hydrogen-bond acceptors (Lipinski definition) is 7. The molecule has 1 unspecified atom stereocenters. The minimum atomic E-state index is -0.0587. The van der Waals surface area contributed by atoms with Gasteiger partial charge in [0.1, 0.15) is 11.5 Å². The van der Waals surface area contributed by atoms with Crippen LogP contribution >= 0.6 is 0 Å². The predicted molar refractivity (Wildman–Crippen MR) is 114 cm³/mol. The average molecular weight is 425 g/mol. The Labute approximate surface area is 181 Å². The zero-order valence-corrected chi connectivity index (χ0v) is 18.0. The number of nitrogens with zero attached hydrogens (tertiary/aromatic N) is 3. The van der Waals surface area contributed by atoms with Crippen LogP contribution in [0.15, 0.2) is 45.2 Å². The molecule has 4 rings (SSSR count). The summed E-state index contributed by atoms with van der Waals surface area (Å²) in [6.07, 6.45) is 0.676. The van der Waals surface area contributed by atoms with Crippen molar-refractivity contribution in [3.8, 4) is 11.5 Å². The molecule has 1 atom stereocenters. The maximum Gasteiger partial charge on any atom is 0.247 e. The third-order valence-electron chi connectivity index (χ3n) is 5.40. The normalized spacial score (nSPS) is 15.7. The van der Waals surface area contributed by atoms with Crippen molar-refractivity contribution in [2.45, 2.75) is 32.7 Å². The Hall–Kier alpha value is -2.97. The molecule has 0 spiro atoms. The molecule has 0 aliphatic carbocycles. The van der Waals surface area contributed by atoms with E-state index in [1.54, 1.807) is 0 Å². The Balaban J connectivity index is 1.31. The van der Waals surface area contributed by atoms with Gasteiger partial charge in [0, 0.05) is 38.0 Å². The van der Waals surface area contributed by atoms with Gasteiger partial charge in [-0.15, -0.1) is 10.2 Å². The molecule has 0 radical (unpaired) electrons. The summed E-state index contributed by atoms with van der Waals surface area (Å²) in [4.78, 5) is 14.8. The molecule has 31 heavy (non-hydrogen) atoms. The quantitative estimate of drug-likeness (QED) is 0.594. The fourth-order valence-electron chi connectivity index (χ4n) is 3.62. The molecule has 3 aromatic rings. The van der Waals surface area contributed by atoms with Crippen LogP contribution in [0.1, 0.15) is 35.4 Å². The van der Waals surface area contributed by atoms with Gasteiger partial charge in [0.15, 0.2) is 0 Å². The zero-order chi connectivity index (χ0) is 21.6. The van der Waals surface area contributed by atoms with Gasteiger partial charge in [-0.3, -0.25) is 9.69 Å². The standard InChI is InChI=1S/C23H28N4O4/c1-16-3-6-18(7-4-16)23-26-25-22(31-23)10-9-21(28)24-15-19(20-8-5-17(2)30-20)27-11-13-29-14-12-27/h3-8,19H,9-15H2,1-2H3,(H,24,28). The number of hydrogen-bond donors (Lipinski definition) is 1. The summed E-state index contributed by atoms with van der Waals surface area (Å²) in [7, 11) is 0. The number of ether oxygens (including phenoxy) is 1. The minimum absolute atomic E-state index is 0.0157. The van der Waals surface area contributed by atoms with E-state index in [-0.39, 0.29) is 18.4 Å². The van der Waals surface area contributed by atoms with Crippen molar-refractivity contribution in [2.75, 3.05) is 32.8 Å². The Morgan fingerprint density at radius 2 is 1.84 bits per heavy atom. The maximum absolute atomic E-state index is 12.5. The Kier molecular flexibility index (Phi) is 6.79. The number of carbonyl (C=O) groups is 1. The van der Waals surface area contributed by atoms with Crippen LogP contribution in [-0.4, -0.2) is 53.9 Å². The van der Waals surface area contributed by atoms with E-state index in [9.17, 15) is 4.79 Å². The van der Waals surface area contributed by atoms with Crippen molar-refractivity contribution < 1.29 is 18.4 Å². The van der Waals surface area contributed by atoms with Crippen LogP contribution in [0.5, 0.6) is 0 Å². The summed E-state index contributed by atoms with van der Waals surface area (Å²) in [6.45, 7) is 7.42. The van der Waals surface area contributed by atoms with Crippen LogP contribution in [0.25, 0.3) is 11.5 Å². The number of aryl methyl sites for hydroxylation is 3. The fraction of sp³-hybridized carbons (Fsp3) is 0.435.